The van der Waals surface area contributed by atoms with Gasteiger partial charge in [0.2, 0.25) is 10.0 Å². The van der Waals surface area contributed by atoms with E-state index in [2.05, 4.69) is 36.9 Å². The highest BCUT2D eigenvalue weighted by atomic mass is 32.2. The highest BCUT2D eigenvalue weighted by Crippen LogP contribution is 2.28. The third-order valence-electron chi connectivity index (χ3n) is 4.92. The highest BCUT2D eigenvalue weighted by molar-refractivity contribution is 7.89. The van der Waals surface area contributed by atoms with Crippen molar-refractivity contribution in [1.82, 2.24) is 4.31 Å². The molecule has 2 aromatic rings. The average Bonchev–Trinajstić information content (AvgIpc) is 2.62. The number of rotatable bonds is 4. The second-order valence-electron chi connectivity index (χ2n) is 6.64. The van der Waals surface area contributed by atoms with E-state index < -0.39 is 10.0 Å². The number of para-hydroxylation sites is 1. The first-order valence-corrected chi connectivity index (χ1v) is 10.3. The predicted molar refractivity (Wildman–Crippen MR) is 103 cm³/mol. The van der Waals surface area contributed by atoms with Crippen molar-refractivity contribution < 1.29 is 8.42 Å². The minimum atomic E-state index is -3.40. The van der Waals surface area contributed by atoms with Crippen molar-refractivity contribution in [1.29, 1.82) is 0 Å². The lowest BCUT2D eigenvalue weighted by Crippen LogP contribution is -2.49. The van der Waals surface area contributed by atoms with Crippen LogP contribution in [0.15, 0.2) is 47.4 Å². The summed E-state index contributed by atoms with van der Waals surface area (Å²) in [6, 6.07) is 13.5. The third-order valence-corrected chi connectivity index (χ3v) is 6.83. The lowest BCUT2D eigenvalue weighted by atomic mass is 10.0. The normalized spacial score (nSPS) is 16.2. The van der Waals surface area contributed by atoms with E-state index in [1.54, 1.807) is 16.4 Å². The minimum Gasteiger partial charge on any atom is -0.368 e. The Bertz CT molecular complexity index is 836. The molecule has 5 heteroatoms. The molecular formula is C20H26N2O2S. The molecule has 1 aliphatic rings. The monoisotopic (exact) mass is 358 g/mol. The van der Waals surface area contributed by atoms with E-state index in [0.29, 0.717) is 18.0 Å². The van der Waals surface area contributed by atoms with Crippen molar-refractivity contribution in [2.75, 3.05) is 31.1 Å². The van der Waals surface area contributed by atoms with Crippen molar-refractivity contribution in [3.8, 4) is 0 Å². The first-order chi connectivity index (χ1) is 11.9. The fraction of sp³-hybridized carbons (Fsp3) is 0.400. The zero-order valence-corrected chi connectivity index (χ0v) is 16.0. The Balaban J connectivity index is 1.77. The van der Waals surface area contributed by atoms with Gasteiger partial charge in [0.1, 0.15) is 0 Å². The van der Waals surface area contributed by atoms with Gasteiger partial charge in [0.25, 0.3) is 0 Å². The number of aryl methyl sites for hydroxylation is 3. The van der Waals surface area contributed by atoms with Crippen LogP contribution in [0.2, 0.25) is 0 Å². The van der Waals surface area contributed by atoms with Crippen molar-refractivity contribution >= 4 is 15.7 Å². The smallest absolute Gasteiger partial charge is 0.243 e. The maximum atomic E-state index is 12.8. The van der Waals surface area contributed by atoms with Crippen LogP contribution in [0.5, 0.6) is 0 Å². The zero-order valence-electron chi connectivity index (χ0n) is 15.2. The van der Waals surface area contributed by atoms with Gasteiger partial charge in [-0.2, -0.15) is 4.31 Å². The van der Waals surface area contributed by atoms with Crippen LogP contribution in [-0.2, 0) is 16.4 Å². The summed E-state index contributed by atoms with van der Waals surface area (Å²) in [5, 5.41) is 0. The molecule has 1 heterocycles. The lowest BCUT2D eigenvalue weighted by molar-refractivity contribution is 0.384. The van der Waals surface area contributed by atoms with Crippen LogP contribution in [-0.4, -0.2) is 38.9 Å². The predicted octanol–water partition coefficient (Wildman–Crippen LogP) is 3.38. The molecule has 0 saturated carbocycles. The fourth-order valence-electron chi connectivity index (χ4n) is 3.47. The van der Waals surface area contributed by atoms with Crippen LogP contribution in [0.1, 0.15) is 23.6 Å². The Morgan fingerprint density at radius 3 is 2.16 bits per heavy atom. The Labute approximate surface area is 151 Å². The van der Waals surface area contributed by atoms with Gasteiger partial charge in [-0.05, 0) is 43.5 Å². The molecule has 3 rings (SSSR count). The molecule has 0 N–H and O–H groups in total. The highest BCUT2D eigenvalue weighted by Gasteiger charge is 2.29. The van der Waals surface area contributed by atoms with Gasteiger partial charge < -0.3 is 4.90 Å². The molecule has 1 fully saturated rings. The molecule has 4 nitrogen and oxygen atoms in total. The van der Waals surface area contributed by atoms with Crippen LogP contribution in [0.4, 0.5) is 5.69 Å². The maximum absolute atomic E-state index is 12.8. The fourth-order valence-corrected chi connectivity index (χ4v) is 4.89. The van der Waals surface area contributed by atoms with E-state index in [9.17, 15) is 8.42 Å². The van der Waals surface area contributed by atoms with Gasteiger partial charge in [0.15, 0.2) is 0 Å². The summed E-state index contributed by atoms with van der Waals surface area (Å²) in [6.07, 6.45) is 0.985. The second kappa shape index (κ2) is 7.18. The Kier molecular flexibility index (Phi) is 5.16. The molecule has 0 spiro atoms. The first-order valence-electron chi connectivity index (χ1n) is 8.83. The van der Waals surface area contributed by atoms with Crippen LogP contribution in [0.3, 0.4) is 0 Å². The molecule has 0 amide bonds. The number of anilines is 1. The number of benzene rings is 2. The van der Waals surface area contributed by atoms with E-state index in [4.69, 9.17) is 0 Å². The first kappa shape index (κ1) is 18.0. The Morgan fingerprint density at radius 1 is 0.920 bits per heavy atom. The van der Waals surface area contributed by atoms with Crippen LogP contribution >= 0.6 is 0 Å². The number of hydrogen-bond acceptors (Lipinski definition) is 3. The summed E-state index contributed by atoms with van der Waals surface area (Å²) in [6.45, 7) is 8.75. The van der Waals surface area contributed by atoms with E-state index in [1.807, 2.05) is 19.1 Å². The maximum Gasteiger partial charge on any atom is 0.243 e. The van der Waals surface area contributed by atoms with Crippen molar-refractivity contribution in [3.63, 3.8) is 0 Å². The molecule has 0 unspecified atom stereocenters. The molecule has 0 aliphatic carbocycles. The Hall–Kier alpha value is -1.85. The molecule has 1 aliphatic heterocycles. The average molecular weight is 359 g/mol. The summed E-state index contributed by atoms with van der Waals surface area (Å²) >= 11 is 0. The summed E-state index contributed by atoms with van der Waals surface area (Å²) in [5.74, 6) is 0. The molecule has 0 radical (unpaired) electrons. The molecule has 2 aromatic carbocycles. The minimum absolute atomic E-state index is 0.386. The molecule has 134 valence electrons. The van der Waals surface area contributed by atoms with Gasteiger partial charge in [-0.3, -0.25) is 0 Å². The number of hydrogen-bond donors (Lipinski definition) is 0. The molecule has 0 aromatic heterocycles. The molecule has 0 atom stereocenters. The van der Waals surface area contributed by atoms with Gasteiger partial charge in [0, 0.05) is 31.9 Å². The van der Waals surface area contributed by atoms with E-state index in [1.165, 1.54) is 16.8 Å². The van der Waals surface area contributed by atoms with Gasteiger partial charge >= 0.3 is 0 Å². The van der Waals surface area contributed by atoms with Crippen LogP contribution < -0.4 is 4.90 Å². The van der Waals surface area contributed by atoms with Crippen molar-refractivity contribution in [3.05, 3.63) is 59.2 Å². The summed E-state index contributed by atoms with van der Waals surface area (Å²) in [7, 11) is -3.40. The largest absolute Gasteiger partial charge is 0.368 e. The topological polar surface area (TPSA) is 40.6 Å². The summed E-state index contributed by atoms with van der Waals surface area (Å²) in [4.78, 5) is 2.71. The number of sulfonamides is 1. The second-order valence-corrected chi connectivity index (χ2v) is 8.58. The van der Waals surface area contributed by atoms with E-state index in [-0.39, 0.29) is 0 Å². The standard InChI is InChI=1S/C20H26N2O2S/c1-4-18-7-5-6-17(3)20(18)21-12-14-22(15-13-21)25(23,24)19-10-8-16(2)9-11-19/h5-11H,4,12-15H2,1-3H3. The number of nitrogens with zero attached hydrogens (tertiary/aromatic N) is 2. The van der Waals surface area contributed by atoms with E-state index in [0.717, 1.165) is 25.1 Å². The SMILES string of the molecule is CCc1cccc(C)c1N1CCN(S(=O)(=O)c2ccc(C)cc2)CC1. The summed E-state index contributed by atoms with van der Waals surface area (Å²) < 4.78 is 27.3. The van der Waals surface area contributed by atoms with Crippen molar-refractivity contribution in [2.45, 2.75) is 32.1 Å². The van der Waals surface area contributed by atoms with Gasteiger partial charge in [-0.15, -0.1) is 0 Å². The molecule has 25 heavy (non-hydrogen) atoms. The van der Waals surface area contributed by atoms with Gasteiger partial charge in [0.05, 0.1) is 4.90 Å². The quantitative estimate of drug-likeness (QED) is 0.841. The number of piperazine rings is 1. The van der Waals surface area contributed by atoms with Gasteiger partial charge in [-0.25, -0.2) is 8.42 Å². The molecule has 1 saturated heterocycles. The van der Waals surface area contributed by atoms with Crippen LogP contribution in [0.25, 0.3) is 0 Å². The van der Waals surface area contributed by atoms with Crippen molar-refractivity contribution in [2.24, 2.45) is 0 Å². The lowest BCUT2D eigenvalue weighted by Gasteiger charge is -2.37. The zero-order chi connectivity index (χ0) is 18.0. The Morgan fingerprint density at radius 2 is 1.56 bits per heavy atom. The molecular weight excluding hydrogens is 332 g/mol. The summed E-state index contributed by atoms with van der Waals surface area (Å²) in [5.41, 5.74) is 4.93. The van der Waals surface area contributed by atoms with Crippen LogP contribution in [0, 0.1) is 13.8 Å². The third kappa shape index (κ3) is 3.58. The van der Waals surface area contributed by atoms with E-state index >= 15 is 0 Å². The molecule has 0 bridgehead atoms. The van der Waals surface area contributed by atoms with Gasteiger partial charge in [-0.1, -0.05) is 42.8 Å².